The standard InChI is InChI=1S/C15H23FN2O/c1-15(2,3)17-11-12-4-5-14(13(16)10-12)18-6-8-19-9-7-18/h4-5,10,17H,6-9,11H2,1-3H3. The molecule has 1 aromatic rings. The number of hydrogen-bond acceptors (Lipinski definition) is 3. The fraction of sp³-hybridized carbons (Fsp3) is 0.600. The van der Waals surface area contributed by atoms with E-state index in [1.807, 2.05) is 17.0 Å². The molecule has 0 unspecified atom stereocenters. The molecule has 1 aliphatic heterocycles. The summed E-state index contributed by atoms with van der Waals surface area (Å²) < 4.78 is 19.4. The molecule has 0 bridgehead atoms. The molecule has 1 aromatic carbocycles. The number of anilines is 1. The van der Waals surface area contributed by atoms with Gasteiger partial charge in [-0.05, 0) is 38.5 Å². The molecule has 2 rings (SSSR count). The molecule has 3 nitrogen and oxygen atoms in total. The average Bonchev–Trinajstić information content (AvgIpc) is 2.37. The molecule has 0 saturated carbocycles. The summed E-state index contributed by atoms with van der Waals surface area (Å²) >= 11 is 0. The fourth-order valence-corrected chi connectivity index (χ4v) is 2.09. The van der Waals surface area contributed by atoms with Gasteiger partial charge in [0.05, 0.1) is 18.9 Å². The summed E-state index contributed by atoms with van der Waals surface area (Å²) in [5.41, 5.74) is 1.70. The van der Waals surface area contributed by atoms with Crippen LogP contribution in [0, 0.1) is 5.82 Å². The van der Waals surface area contributed by atoms with Crippen LogP contribution in [0.25, 0.3) is 0 Å². The van der Waals surface area contributed by atoms with E-state index in [0.29, 0.717) is 25.4 Å². The predicted molar refractivity (Wildman–Crippen MR) is 76.0 cm³/mol. The van der Waals surface area contributed by atoms with Crippen molar-refractivity contribution in [1.29, 1.82) is 0 Å². The van der Waals surface area contributed by atoms with E-state index in [9.17, 15) is 4.39 Å². The second kappa shape index (κ2) is 5.88. The highest BCUT2D eigenvalue weighted by atomic mass is 19.1. The van der Waals surface area contributed by atoms with Gasteiger partial charge in [0.25, 0.3) is 0 Å². The predicted octanol–water partition coefficient (Wildman–Crippen LogP) is 2.55. The van der Waals surface area contributed by atoms with E-state index < -0.39 is 0 Å². The van der Waals surface area contributed by atoms with Crippen molar-refractivity contribution in [1.82, 2.24) is 5.32 Å². The maximum Gasteiger partial charge on any atom is 0.146 e. The van der Waals surface area contributed by atoms with Crippen molar-refractivity contribution in [3.8, 4) is 0 Å². The number of hydrogen-bond donors (Lipinski definition) is 1. The molecule has 0 amide bonds. The van der Waals surface area contributed by atoms with E-state index in [1.54, 1.807) is 6.07 Å². The van der Waals surface area contributed by atoms with Gasteiger partial charge < -0.3 is 15.0 Å². The molecule has 0 aliphatic carbocycles. The van der Waals surface area contributed by atoms with Gasteiger partial charge in [0.15, 0.2) is 0 Å². The maximum absolute atomic E-state index is 14.1. The third-order valence-corrected chi connectivity index (χ3v) is 3.19. The minimum Gasteiger partial charge on any atom is -0.378 e. The Balaban J connectivity index is 2.04. The van der Waals surface area contributed by atoms with Gasteiger partial charge in [0, 0.05) is 25.2 Å². The van der Waals surface area contributed by atoms with E-state index in [0.717, 1.165) is 18.7 Å². The Labute approximate surface area is 114 Å². The van der Waals surface area contributed by atoms with Gasteiger partial charge in [-0.1, -0.05) is 6.07 Å². The van der Waals surface area contributed by atoms with Crippen LogP contribution in [0.2, 0.25) is 0 Å². The van der Waals surface area contributed by atoms with Gasteiger partial charge in [0.2, 0.25) is 0 Å². The Morgan fingerprint density at radius 1 is 1.26 bits per heavy atom. The molecule has 106 valence electrons. The maximum atomic E-state index is 14.1. The molecule has 1 heterocycles. The molecule has 4 heteroatoms. The van der Waals surface area contributed by atoms with Crippen LogP contribution in [0.15, 0.2) is 18.2 Å². The van der Waals surface area contributed by atoms with E-state index in [-0.39, 0.29) is 11.4 Å². The van der Waals surface area contributed by atoms with E-state index in [2.05, 4.69) is 26.1 Å². The first-order valence-corrected chi connectivity index (χ1v) is 6.82. The molecule has 19 heavy (non-hydrogen) atoms. The van der Waals surface area contributed by atoms with Crippen molar-refractivity contribution in [3.63, 3.8) is 0 Å². The van der Waals surface area contributed by atoms with Crippen molar-refractivity contribution in [2.75, 3.05) is 31.2 Å². The lowest BCUT2D eigenvalue weighted by Crippen LogP contribution is -2.37. The van der Waals surface area contributed by atoms with E-state index in [1.165, 1.54) is 0 Å². The lowest BCUT2D eigenvalue weighted by Gasteiger charge is -2.29. The van der Waals surface area contributed by atoms with Crippen LogP contribution in [0.4, 0.5) is 10.1 Å². The van der Waals surface area contributed by atoms with E-state index >= 15 is 0 Å². The summed E-state index contributed by atoms with van der Waals surface area (Å²) in [6.45, 7) is 9.86. The molecule has 1 aliphatic rings. The second-order valence-electron chi connectivity index (χ2n) is 5.99. The monoisotopic (exact) mass is 266 g/mol. The normalized spacial score (nSPS) is 16.7. The number of morpholine rings is 1. The van der Waals surface area contributed by atoms with Crippen LogP contribution in [-0.4, -0.2) is 31.8 Å². The number of nitrogens with zero attached hydrogens (tertiary/aromatic N) is 1. The molecular weight excluding hydrogens is 243 g/mol. The Morgan fingerprint density at radius 2 is 1.95 bits per heavy atom. The Morgan fingerprint density at radius 3 is 2.53 bits per heavy atom. The quantitative estimate of drug-likeness (QED) is 0.910. The van der Waals surface area contributed by atoms with Crippen LogP contribution in [0.1, 0.15) is 26.3 Å². The molecular formula is C15H23FN2O. The van der Waals surface area contributed by atoms with Crippen LogP contribution < -0.4 is 10.2 Å². The zero-order valence-electron chi connectivity index (χ0n) is 12.0. The van der Waals surface area contributed by atoms with Crippen molar-refractivity contribution >= 4 is 5.69 Å². The van der Waals surface area contributed by atoms with Crippen LogP contribution in [-0.2, 0) is 11.3 Å². The van der Waals surface area contributed by atoms with Crippen molar-refractivity contribution < 1.29 is 9.13 Å². The van der Waals surface area contributed by atoms with Gasteiger partial charge in [-0.3, -0.25) is 0 Å². The minimum absolute atomic E-state index is 0.0410. The zero-order chi connectivity index (χ0) is 13.9. The second-order valence-corrected chi connectivity index (χ2v) is 5.99. The van der Waals surface area contributed by atoms with Crippen LogP contribution in [0.3, 0.4) is 0 Å². The van der Waals surface area contributed by atoms with Gasteiger partial charge in [-0.2, -0.15) is 0 Å². The highest BCUT2D eigenvalue weighted by molar-refractivity contribution is 5.49. The first kappa shape index (κ1) is 14.3. The summed E-state index contributed by atoms with van der Waals surface area (Å²) in [5, 5.41) is 3.36. The Bertz CT molecular complexity index is 423. The van der Waals surface area contributed by atoms with Crippen LogP contribution >= 0.6 is 0 Å². The number of halogens is 1. The number of rotatable bonds is 3. The van der Waals surface area contributed by atoms with Gasteiger partial charge >= 0.3 is 0 Å². The molecule has 1 N–H and O–H groups in total. The summed E-state index contributed by atoms with van der Waals surface area (Å²) in [6.07, 6.45) is 0. The van der Waals surface area contributed by atoms with Crippen molar-refractivity contribution in [2.24, 2.45) is 0 Å². The number of benzene rings is 1. The van der Waals surface area contributed by atoms with Gasteiger partial charge in [-0.25, -0.2) is 4.39 Å². The highest BCUT2D eigenvalue weighted by Crippen LogP contribution is 2.21. The molecule has 1 fully saturated rings. The molecule has 0 spiro atoms. The van der Waals surface area contributed by atoms with E-state index in [4.69, 9.17) is 4.74 Å². The van der Waals surface area contributed by atoms with Crippen molar-refractivity contribution in [3.05, 3.63) is 29.6 Å². The molecule has 0 radical (unpaired) electrons. The SMILES string of the molecule is CC(C)(C)NCc1ccc(N2CCOCC2)c(F)c1. The third kappa shape index (κ3) is 4.18. The minimum atomic E-state index is -0.143. The zero-order valence-corrected chi connectivity index (χ0v) is 12.0. The summed E-state index contributed by atoms with van der Waals surface area (Å²) in [7, 11) is 0. The molecule has 1 saturated heterocycles. The molecule has 0 aromatic heterocycles. The Hall–Kier alpha value is -1.13. The lowest BCUT2D eigenvalue weighted by molar-refractivity contribution is 0.122. The fourth-order valence-electron chi connectivity index (χ4n) is 2.09. The van der Waals surface area contributed by atoms with Crippen molar-refractivity contribution in [2.45, 2.75) is 32.9 Å². The lowest BCUT2D eigenvalue weighted by atomic mass is 10.1. The first-order valence-electron chi connectivity index (χ1n) is 6.82. The van der Waals surface area contributed by atoms with Gasteiger partial charge in [0.1, 0.15) is 5.82 Å². The first-order chi connectivity index (χ1) is 8.96. The number of nitrogens with one attached hydrogen (secondary N) is 1. The summed E-state index contributed by atoms with van der Waals surface area (Å²) in [6, 6.07) is 5.50. The Kier molecular flexibility index (Phi) is 4.42. The topological polar surface area (TPSA) is 24.5 Å². The highest BCUT2D eigenvalue weighted by Gasteiger charge is 2.15. The third-order valence-electron chi connectivity index (χ3n) is 3.19. The summed E-state index contributed by atoms with van der Waals surface area (Å²) in [5.74, 6) is -0.143. The summed E-state index contributed by atoms with van der Waals surface area (Å²) in [4.78, 5) is 2.04. The average molecular weight is 266 g/mol. The largest absolute Gasteiger partial charge is 0.378 e. The number of ether oxygens (including phenoxy) is 1. The smallest absolute Gasteiger partial charge is 0.146 e. The molecule has 0 atom stereocenters. The van der Waals surface area contributed by atoms with Gasteiger partial charge in [-0.15, -0.1) is 0 Å². The van der Waals surface area contributed by atoms with Crippen LogP contribution in [0.5, 0.6) is 0 Å².